The van der Waals surface area contributed by atoms with Crippen LogP contribution in [-0.4, -0.2) is 42.7 Å². The average Bonchev–Trinajstić information content (AvgIpc) is 2.38. The van der Waals surface area contributed by atoms with Crippen molar-refractivity contribution < 1.29 is 19.4 Å². The van der Waals surface area contributed by atoms with Crippen molar-refractivity contribution in [2.75, 3.05) is 26.0 Å². The van der Waals surface area contributed by atoms with E-state index in [0.29, 0.717) is 16.5 Å². The standard InChI is InChI=1S/C13H17ClN2O4/c1-8(12(17)18)7-16(2)13(19)15-9-4-5-11(20-3)10(14)6-9/h4-6,8H,7H2,1-3H3,(H,15,19)(H,17,18). The van der Waals surface area contributed by atoms with Crippen LogP contribution in [0.1, 0.15) is 6.92 Å². The summed E-state index contributed by atoms with van der Waals surface area (Å²) in [6, 6.07) is 4.45. The van der Waals surface area contributed by atoms with Gasteiger partial charge < -0.3 is 20.1 Å². The van der Waals surface area contributed by atoms with Crippen LogP contribution in [0.2, 0.25) is 5.02 Å². The van der Waals surface area contributed by atoms with Crippen molar-refractivity contribution in [3.8, 4) is 5.75 Å². The zero-order valence-electron chi connectivity index (χ0n) is 11.5. The molecule has 1 aromatic carbocycles. The largest absolute Gasteiger partial charge is 0.495 e. The lowest BCUT2D eigenvalue weighted by Crippen LogP contribution is -2.36. The molecule has 110 valence electrons. The molecule has 0 aromatic heterocycles. The van der Waals surface area contributed by atoms with E-state index in [1.165, 1.54) is 26.0 Å². The van der Waals surface area contributed by atoms with Gasteiger partial charge in [0.25, 0.3) is 0 Å². The first kappa shape index (κ1) is 16.1. The van der Waals surface area contributed by atoms with Crippen LogP contribution in [0.25, 0.3) is 0 Å². The Labute approximate surface area is 122 Å². The SMILES string of the molecule is COc1ccc(NC(=O)N(C)CC(C)C(=O)O)cc1Cl. The molecule has 2 amide bonds. The van der Waals surface area contributed by atoms with Gasteiger partial charge in [-0.25, -0.2) is 4.79 Å². The molecule has 0 fully saturated rings. The highest BCUT2D eigenvalue weighted by Crippen LogP contribution is 2.27. The van der Waals surface area contributed by atoms with Crippen molar-refractivity contribution in [3.05, 3.63) is 23.2 Å². The van der Waals surface area contributed by atoms with E-state index in [1.807, 2.05) is 0 Å². The molecule has 0 saturated heterocycles. The predicted molar refractivity (Wildman–Crippen MR) is 76.5 cm³/mol. The zero-order chi connectivity index (χ0) is 15.3. The molecule has 0 aliphatic rings. The quantitative estimate of drug-likeness (QED) is 0.876. The summed E-state index contributed by atoms with van der Waals surface area (Å²) < 4.78 is 5.01. The number of hydrogen-bond donors (Lipinski definition) is 2. The highest BCUT2D eigenvalue weighted by Gasteiger charge is 2.17. The predicted octanol–water partition coefficient (Wildman–Crippen LogP) is 2.53. The molecule has 7 heteroatoms. The summed E-state index contributed by atoms with van der Waals surface area (Å²) in [6.07, 6.45) is 0. The average molecular weight is 301 g/mol. The van der Waals surface area contributed by atoms with Gasteiger partial charge in [0, 0.05) is 19.3 Å². The highest BCUT2D eigenvalue weighted by atomic mass is 35.5. The number of nitrogens with one attached hydrogen (secondary N) is 1. The molecule has 1 unspecified atom stereocenters. The molecule has 0 aliphatic carbocycles. The van der Waals surface area contributed by atoms with Gasteiger partial charge in [-0.1, -0.05) is 18.5 Å². The third-order valence-corrected chi connectivity index (χ3v) is 3.01. The van der Waals surface area contributed by atoms with Gasteiger partial charge in [0.2, 0.25) is 0 Å². The maximum absolute atomic E-state index is 11.9. The summed E-state index contributed by atoms with van der Waals surface area (Å²) in [5.41, 5.74) is 0.510. The van der Waals surface area contributed by atoms with E-state index in [9.17, 15) is 9.59 Å². The minimum absolute atomic E-state index is 0.116. The number of methoxy groups -OCH3 is 1. The van der Waals surface area contributed by atoms with Gasteiger partial charge in [-0.2, -0.15) is 0 Å². The third kappa shape index (κ3) is 4.31. The molecule has 1 atom stereocenters. The van der Waals surface area contributed by atoms with Crippen LogP contribution in [0, 0.1) is 5.92 Å². The number of halogens is 1. The van der Waals surface area contributed by atoms with Gasteiger partial charge in [0.1, 0.15) is 5.75 Å². The van der Waals surface area contributed by atoms with Crippen molar-refractivity contribution in [2.45, 2.75) is 6.92 Å². The molecule has 2 N–H and O–H groups in total. The molecule has 1 aromatic rings. The monoisotopic (exact) mass is 300 g/mol. The number of benzene rings is 1. The van der Waals surface area contributed by atoms with Gasteiger partial charge in [-0.15, -0.1) is 0 Å². The molecule has 6 nitrogen and oxygen atoms in total. The van der Waals surface area contributed by atoms with E-state index in [0.717, 1.165) is 0 Å². The van der Waals surface area contributed by atoms with Crippen molar-refractivity contribution in [3.63, 3.8) is 0 Å². The van der Waals surface area contributed by atoms with Crippen LogP contribution in [0.5, 0.6) is 5.75 Å². The minimum Gasteiger partial charge on any atom is -0.495 e. The normalized spacial score (nSPS) is 11.6. The molecule has 0 spiro atoms. The first-order valence-electron chi connectivity index (χ1n) is 5.93. The fraction of sp³-hybridized carbons (Fsp3) is 0.385. The highest BCUT2D eigenvalue weighted by molar-refractivity contribution is 6.32. The van der Waals surface area contributed by atoms with Gasteiger partial charge in [-0.05, 0) is 18.2 Å². The molecule has 0 saturated carbocycles. The Kier molecular flexibility index (Phi) is 5.64. The fourth-order valence-corrected chi connectivity index (χ4v) is 1.79. The molecule has 0 heterocycles. The van der Waals surface area contributed by atoms with Crippen LogP contribution >= 0.6 is 11.6 Å². The number of carbonyl (C=O) groups excluding carboxylic acids is 1. The zero-order valence-corrected chi connectivity index (χ0v) is 12.3. The number of carboxylic acid groups (broad SMARTS) is 1. The second-order valence-corrected chi connectivity index (χ2v) is 4.81. The Morgan fingerprint density at radius 1 is 1.50 bits per heavy atom. The Morgan fingerprint density at radius 3 is 2.65 bits per heavy atom. The molecule has 0 radical (unpaired) electrons. The van der Waals surface area contributed by atoms with Crippen molar-refractivity contribution in [1.29, 1.82) is 0 Å². The van der Waals surface area contributed by atoms with Crippen LogP contribution in [-0.2, 0) is 4.79 Å². The number of amides is 2. The van der Waals surface area contributed by atoms with E-state index in [4.69, 9.17) is 21.4 Å². The Hall–Kier alpha value is -1.95. The van der Waals surface area contributed by atoms with E-state index < -0.39 is 17.9 Å². The molecular weight excluding hydrogens is 284 g/mol. The maximum Gasteiger partial charge on any atom is 0.321 e. The smallest absolute Gasteiger partial charge is 0.321 e. The molecule has 1 rings (SSSR count). The number of carbonyl (C=O) groups is 2. The van der Waals surface area contributed by atoms with Gasteiger partial charge >= 0.3 is 12.0 Å². The first-order chi connectivity index (χ1) is 9.35. The number of rotatable bonds is 5. The van der Waals surface area contributed by atoms with Crippen molar-refractivity contribution >= 4 is 29.3 Å². The summed E-state index contributed by atoms with van der Waals surface area (Å²) in [7, 11) is 3.03. The van der Waals surface area contributed by atoms with E-state index >= 15 is 0 Å². The summed E-state index contributed by atoms with van der Waals surface area (Å²) >= 11 is 5.95. The minimum atomic E-state index is -0.947. The molecule has 0 aliphatic heterocycles. The number of aliphatic carboxylic acids is 1. The number of hydrogen-bond acceptors (Lipinski definition) is 3. The lowest BCUT2D eigenvalue weighted by molar-refractivity contribution is -0.141. The van der Waals surface area contributed by atoms with E-state index in [2.05, 4.69) is 5.32 Å². The Balaban J connectivity index is 2.66. The topological polar surface area (TPSA) is 78.9 Å². The maximum atomic E-state index is 11.9. The first-order valence-corrected chi connectivity index (χ1v) is 6.31. The van der Waals surface area contributed by atoms with Crippen LogP contribution in [0.4, 0.5) is 10.5 Å². The Bertz CT molecular complexity index is 507. The fourth-order valence-electron chi connectivity index (χ4n) is 1.53. The lowest BCUT2D eigenvalue weighted by Gasteiger charge is -2.20. The number of anilines is 1. The third-order valence-electron chi connectivity index (χ3n) is 2.72. The van der Waals surface area contributed by atoms with Crippen LogP contribution in [0.3, 0.4) is 0 Å². The molecule has 20 heavy (non-hydrogen) atoms. The number of carboxylic acids is 1. The van der Waals surface area contributed by atoms with Crippen LogP contribution in [0.15, 0.2) is 18.2 Å². The summed E-state index contributed by atoms with van der Waals surface area (Å²) in [5, 5.41) is 11.8. The molecular formula is C13H17ClN2O4. The number of nitrogens with zero attached hydrogens (tertiary/aromatic N) is 1. The summed E-state index contributed by atoms with van der Waals surface area (Å²) in [5.74, 6) is -1.07. The molecule has 0 bridgehead atoms. The van der Waals surface area contributed by atoms with Crippen LogP contribution < -0.4 is 10.1 Å². The summed E-state index contributed by atoms with van der Waals surface area (Å²) in [4.78, 5) is 23.9. The Morgan fingerprint density at radius 2 is 2.15 bits per heavy atom. The van der Waals surface area contributed by atoms with Gasteiger partial charge in [0.15, 0.2) is 0 Å². The van der Waals surface area contributed by atoms with Gasteiger partial charge in [0.05, 0.1) is 18.1 Å². The second-order valence-electron chi connectivity index (χ2n) is 4.40. The van der Waals surface area contributed by atoms with E-state index in [1.54, 1.807) is 18.2 Å². The second kappa shape index (κ2) is 7.00. The number of urea groups is 1. The number of ether oxygens (including phenoxy) is 1. The lowest BCUT2D eigenvalue weighted by atomic mass is 10.2. The van der Waals surface area contributed by atoms with Crippen molar-refractivity contribution in [1.82, 2.24) is 4.90 Å². The summed E-state index contributed by atoms with van der Waals surface area (Å²) in [6.45, 7) is 1.65. The van der Waals surface area contributed by atoms with E-state index in [-0.39, 0.29) is 6.54 Å². The van der Waals surface area contributed by atoms with Gasteiger partial charge in [-0.3, -0.25) is 4.79 Å². The van der Waals surface area contributed by atoms with Crippen molar-refractivity contribution in [2.24, 2.45) is 5.92 Å².